The SMILES string of the molecule is CCC1(CC)NC(=O)N(CC(=O)N2CCNC[C@@H]2C)C1=O.Cl. The summed E-state index contributed by atoms with van der Waals surface area (Å²) in [6.45, 7) is 7.60. The maximum absolute atomic E-state index is 12.5. The number of nitrogens with one attached hydrogen (secondary N) is 2. The van der Waals surface area contributed by atoms with Crippen LogP contribution in [0.1, 0.15) is 33.6 Å². The molecule has 8 heteroatoms. The number of nitrogens with zero attached hydrogens (tertiary/aromatic N) is 2. The second-order valence-electron chi connectivity index (χ2n) is 5.75. The van der Waals surface area contributed by atoms with Crippen LogP contribution in [0.15, 0.2) is 0 Å². The molecule has 2 N–H and O–H groups in total. The highest BCUT2D eigenvalue weighted by Crippen LogP contribution is 2.24. The van der Waals surface area contributed by atoms with E-state index in [0.29, 0.717) is 19.4 Å². The van der Waals surface area contributed by atoms with E-state index in [0.717, 1.165) is 18.0 Å². The van der Waals surface area contributed by atoms with Crippen molar-refractivity contribution in [2.45, 2.75) is 45.2 Å². The van der Waals surface area contributed by atoms with E-state index in [4.69, 9.17) is 0 Å². The Hall–Kier alpha value is -1.34. The molecule has 7 nitrogen and oxygen atoms in total. The van der Waals surface area contributed by atoms with Crippen LogP contribution in [-0.2, 0) is 9.59 Å². The van der Waals surface area contributed by atoms with Crippen LogP contribution in [0.25, 0.3) is 0 Å². The molecular weight excluding hydrogens is 308 g/mol. The third-order valence-corrected chi connectivity index (χ3v) is 4.57. The summed E-state index contributed by atoms with van der Waals surface area (Å²) in [6.07, 6.45) is 1.06. The fourth-order valence-corrected chi connectivity index (χ4v) is 2.99. The summed E-state index contributed by atoms with van der Waals surface area (Å²) in [5.74, 6) is -0.454. The second-order valence-corrected chi connectivity index (χ2v) is 5.75. The van der Waals surface area contributed by atoms with Gasteiger partial charge < -0.3 is 15.5 Å². The zero-order valence-electron chi connectivity index (χ0n) is 13.3. The minimum absolute atomic E-state index is 0. The van der Waals surface area contributed by atoms with Gasteiger partial charge in [-0.3, -0.25) is 14.5 Å². The summed E-state index contributed by atoms with van der Waals surface area (Å²) in [5, 5.41) is 5.95. The molecule has 126 valence electrons. The minimum atomic E-state index is -0.841. The van der Waals surface area contributed by atoms with Crippen molar-refractivity contribution >= 4 is 30.3 Å². The van der Waals surface area contributed by atoms with E-state index in [1.165, 1.54) is 0 Å². The number of urea groups is 1. The van der Waals surface area contributed by atoms with Gasteiger partial charge in [0.1, 0.15) is 12.1 Å². The molecule has 2 aliphatic heterocycles. The Labute approximate surface area is 137 Å². The Balaban J connectivity index is 0.00000242. The standard InChI is InChI=1S/C14H24N4O3.ClH/c1-4-14(5-2)12(20)18(13(21)16-14)9-11(19)17-7-6-15-8-10(17)3;/h10,15H,4-9H2,1-3H3,(H,16,21);1H/t10-;/m0./s1. The molecular formula is C14H25ClN4O3. The first-order chi connectivity index (χ1) is 9.95. The van der Waals surface area contributed by atoms with Crippen molar-refractivity contribution in [3.8, 4) is 0 Å². The van der Waals surface area contributed by atoms with Crippen LogP contribution in [0.3, 0.4) is 0 Å². The molecule has 0 aromatic heterocycles. The Morgan fingerprint density at radius 3 is 2.45 bits per heavy atom. The molecule has 0 aromatic carbocycles. The first-order valence-corrected chi connectivity index (χ1v) is 7.59. The molecule has 1 atom stereocenters. The molecule has 2 aliphatic rings. The molecule has 0 aromatic rings. The van der Waals surface area contributed by atoms with Gasteiger partial charge in [0.15, 0.2) is 0 Å². The second kappa shape index (κ2) is 7.28. The van der Waals surface area contributed by atoms with E-state index >= 15 is 0 Å². The van der Waals surface area contributed by atoms with Gasteiger partial charge in [-0.05, 0) is 19.8 Å². The number of imide groups is 1. The van der Waals surface area contributed by atoms with E-state index in [1.54, 1.807) is 4.90 Å². The number of halogens is 1. The average molecular weight is 333 g/mol. The van der Waals surface area contributed by atoms with Gasteiger partial charge in [-0.2, -0.15) is 0 Å². The van der Waals surface area contributed by atoms with Gasteiger partial charge in [0, 0.05) is 25.7 Å². The number of hydrogen-bond acceptors (Lipinski definition) is 4. The molecule has 22 heavy (non-hydrogen) atoms. The lowest BCUT2D eigenvalue weighted by atomic mass is 9.93. The number of carbonyl (C=O) groups excluding carboxylic acids is 3. The molecule has 2 heterocycles. The summed E-state index contributed by atoms with van der Waals surface area (Å²) < 4.78 is 0. The highest BCUT2D eigenvalue weighted by molar-refractivity contribution is 6.09. The molecule has 2 fully saturated rings. The van der Waals surface area contributed by atoms with Gasteiger partial charge in [-0.25, -0.2) is 4.79 Å². The van der Waals surface area contributed by atoms with Crippen LogP contribution in [0.2, 0.25) is 0 Å². The van der Waals surface area contributed by atoms with Gasteiger partial charge in [0.05, 0.1) is 0 Å². The van der Waals surface area contributed by atoms with Crippen LogP contribution in [-0.4, -0.2) is 65.4 Å². The first-order valence-electron chi connectivity index (χ1n) is 7.59. The molecule has 0 saturated carbocycles. The molecule has 0 aliphatic carbocycles. The zero-order valence-corrected chi connectivity index (χ0v) is 14.2. The van der Waals surface area contributed by atoms with E-state index in [2.05, 4.69) is 10.6 Å². The maximum atomic E-state index is 12.5. The number of amides is 4. The van der Waals surface area contributed by atoms with Crippen molar-refractivity contribution in [1.29, 1.82) is 0 Å². The Bertz CT molecular complexity index is 453. The molecule has 0 unspecified atom stereocenters. The fraction of sp³-hybridized carbons (Fsp3) is 0.786. The topological polar surface area (TPSA) is 81.8 Å². The third kappa shape index (κ3) is 3.20. The lowest BCUT2D eigenvalue weighted by Gasteiger charge is -2.34. The summed E-state index contributed by atoms with van der Waals surface area (Å²) in [6, 6.07) is -0.381. The van der Waals surface area contributed by atoms with Gasteiger partial charge in [0.25, 0.3) is 5.91 Å². The first kappa shape index (κ1) is 18.7. The maximum Gasteiger partial charge on any atom is 0.325 e. The van der Waals surface area contributed by atoms with E-state index < -0.39 is 11.6 Å². The number of rotatable bonds is 4. The molecule has 2 rings (SSSR count). The quantitative estimate of drug-likeness (QED) is 0.727. The van der Waals surface area contributed by atoms with Crippen LogP contribution in [0, 0.1) is 0 Å². The van der Waals surface area contributed by atoms with Crippen LogP contribution >= 0.6 is 12.4 Å². The largest absolute Gasteiger partial charge is 0.336 e. The summed E-state index contributed by atoms with van der Waals surface area (Å²) in [4.78, 5) is 39.6. The lowest BCUT2D eigenvalue weighted by Crippen LogP contribution is -2.55. The summed E-state index contributed by atoms with van der Waals surface area (Å²) >= 11 is 0. The lowest BCUT2D eigenvalue weighted by molar-refractivity contribution is -0.140. The predicted octanol–water partition coefficient (Wildman–Crippen LogP) is 0.339. The van der Waals surface area contributed by atoms with E-state index in [-0.39, 0.29) is 36.8 Å². The van der Waals surface area contributed by atoms with Crippen molar-refractivity contribution < 1.29 is 14.4 Å². The highest BCUT2D eigenvalue weighted by Gasteiger charge is 2.49. The Morgan fingerprint density at radius 2 is 1.95 bits per heavy atom. The average Bonchev–Trinajstić information content (AvgIpc) is 2.72. The van der Waals surface area contributed by atoms with Gasteiger partial charge in [-0.1, -0.05) is 13.8 Å². The zero-order chi connectivity index (χ0) is 15.6. The predicted molar refractivity (Wildman–Crippen MR) is 84.9 cm³/mol. The van der Waals surface area contributed by atoms with Gasteiger partial charge in [-0.15, -0.1) is 12.4 Å². The van der Waals surface area contributed by atoms with Crippen molar-refractivity contribution in [2.75, 3.05) is 26.2 Å². The molecule has 4 amide bonds. The van der Waals surface area contributed by atoms with Crippen molar-refractivity contribution in [3.05, 3.63) is 0 Å². The smallest absolute Gasteiger partial charge is 0.325 e. The van der Waals surface area contributed by atoms with Crippen molar-refractivity contribution in [1.82, 2.24) is 20.4 Å². The normalized spacial score (nSPS) is 24.0. The number of piperazine rings is 1. The number of carbonyl (C=O) groups is 3. The van der Waals surface area contributed by atoms with Crippen LogP contribution < -0.4 is 10.6 Å². The third-order valence-electron chi connectivity index (χ3n) is 4.57. The Morgan fingerprint density at radius 1 is 1.32 bits per heavy atom. The van der Waals surface area contributed by atoms with Gasteiger partial charge >= 0.3 is 6.03 Å². The molecule has 0 radical (unpaired) electrons. The van der Waals surface area contributed by atoms with Crippen molar-refractivity contribution in [2.24, 2.45) is 0 Å². The van der Waals surface area contributed by atoms with Crippen LogP contribution in [0.5, 0.6) is 0 Å². The van der Waals surface area contributed by atoms with Crippen LogP contribution in [0.4, 0.5) is 4.79 Å². The molecule has 0 bridgehead atoms. The van der Waals surface area contributed by atoms with E-state index in [9.17, 15) is 14.4 Å². The Kier molecular flexibility index (Phi) is 6.19. The number of hydrogen-bond donors (Lipinski definition) is 2. The minimum Gasteiger partial charge on any atom is -0.336 e. The summed E-state index contributed by atoms with van der Waals surface area (Å²) in [5.41, 5.74) is -0.841. The van der Waals surface area contributed by atoms with E-state index in [1.807, 2.05) is 20.8 Å². The fourth-order valence-electron chi connectivity index (χ4n) is 2.99. The summed E-state index contributed by atoms with van der Waals surface area (Å²) in [7, 11) is 0. The molecule has 0 spiro atoms. The van der Waals surface area contributed by atoms with Gasteiger partial charge in [0.2, 0.25) is 5.91 Å². The van der Waals surface area contributed by atoms with Crippen molar-refractivity contribution in [3.63, 3.8) is 0 Å². The highest BCUT2D eigenvalue weighted by atomic mass is 35.5. The molecule has 2 saturated heterocycles. The monoisotopic (exact) mass is 332 g/mol.